The van der Waals surface area contributed by atoms with Crippen LogP contribution in [-0.2, 0) is 0 Å². The van der Waals surface area contributed by atoms with Gasteiger partial charge in [-0.05, 0) is 32.5 Å². The van der Waals surface area contributed by atoms with E-state index in [0.717, 1.165) is 19.5 Å². The number of anilines is 1. The highest BCUT2D eigenvalue weighted by Crippen LogP contribution is 2.32. The molecule has 0 amide bonds. The molecule has 0 aromatic carbocycles. The number of hydrogen-bond acceptors (Lipinski definition) is 3. The molecule has 1 saturated heterocycles. The second-order valence-corrected chi connectivity index (χ2v) is 5.91. The van der Waals surface area contributed by atoms with Crippen LogP contribution in [0.4, 0.5) is 5.82 Å². The van der Waals surface area contributed by atoms with Crippen LogP contribution in [0.3, 0.4) is 0 Å². The minimum atomic E-state index is 0.298. The van der Waals surface area contributed by atoms with Crippen LogP contribution in [0.1, 0.15) is 12.8 Å². The molecule has 1 atom stereocenters. The van der Waals surface area contributed by atoms with Gasteiger partial charge in [0.15, 0.2) is 0 Å². The van der Waals surface area contributed by atoms with Crippen molar-refractivity contribution in [3.63, 3.8) is 0 Å². The van der Waals surface area contributed by atoms with Crippen LogP contribution >= 0.6 is 34.8 Å². The largest absolute Gasteiger partial charge is 0.354 e. The van der Waals surface area contributed by atoms with Gasteiger partial charge < -0.3 is 9.80 Å². The summed E-state index contributed by atoms with van der Waals surface area (Å²) < 4.78 is 0. The highest BCUT2D eigenvalue weighted by atomic mass is 35.5. The summed E-state index contributed by atoms with van der Waals surface area (Å²) in [7, 11) is 4.13. The fraction of sp³-hybridized carbons (Fsp3) is 0.583. The van der Waals surface area contributed by atoms with Crippen molar-refractivity contribution in [3.8, 4) is 0 Å². The number of rotatable bonds is 2. The second kappa shape index (κ2) is 5.83. The monoisotopic (exact) mass is 307 g/mol. The Morgan fingerprint density at radius 3 is 2.72 bits per heavy atom. The van der Waals surface area contributed by atoms with Crippen LogP contribution in [0.2, 0.25) is 15.2 Å². The number of hydrogen-bond donors (Lipinski definition) is 0. The molecule has 1 unspecified atom stereocenters. The fourth-order valence-electron chi connectivity index (χ4n) is 2.31. The SMILES string of the molecule is CN1CCCC(N(C)c2nc(Cl)c(Cl)cc2Cl)C1. The predicted octanol–water partition coefficient (Wildman–Crippen LogP) is 3.57. The van der Waals surface area contributed by atoms with Gasteiger partial charge in [-0.1, -0.05) is 34.8 Å². The molecular formula is C12H16Cl3N3. The molecule has 100 valence electrons. The summed E-state index contributed by atoms with van der Waals surface area (Å²) in [5, 5.41) is 1.23. The van der Waals surface area contributed by atoms with E-state index in [1.54, 1.807) is 6.07 Å². The quantitative estimate of drug-likeness (QED) is 0.779. The first-order valence-corrected chi connectivity index (χ1v) is 7.05. The van der Waals surface area contributed by atoms with Gasteiger partial charge in [-0.25, -0.2) is 4.98 Å². The third-order valence-electron chi connectivity index (χ3n) is 3.35. The van der Waals surface area contributed by atoms with Crippen molar-refractivity contribution in [2.45, 2.75) is 18.9 Å². The number of aromatic nitrogens is 1. The summed E-state index contributed by atoms with van der Waals surface area (Å²) in [6.07, 6.45) is 2.32. The van der Waals surface area contributed by atoms with Gasteiger partial charge in [-0.2, -0.15) is 0 Å². The van der Waals surface area contributed by atoms with E-state index in [0.29, 0.717) is 27.1 Å². The van der Waals surface area contributed by atoms with Crippen molar-refractivity contribution in [2.75, 3.05) is 32.1 Å². The summed E-state index contributed by atoms with van der Waals surface area (Å²) in [5.74, 6) is 0.700. The minimum absolute atomic E-state index is 0.298. The number of nitrogens with zero attached hydrogens (tertiary/aromatic N) is 3. The Bertz CT molecular complexity index is 439. The molecule has 0 spiro atoms. The zero-order chi connectivity index (χ0) is 13.3. The predicted molar refractivity (Wildman–Crippen MR) is 78.2 cm³/mol. The molecule has 0 N–H and O–H groups in total. The van der Waals surface area contributed by atoms with Gasteiger partial charge in [-0.15, -0.1) is 0 Å². The molecule has 2 heterocycles. The van der Waals surface area contributed by atoms with E-state index >= 15 is 0 Å². The molecule has 0 saturated carbocycles. The molecule has 3 nitrogen and oxygen atoms in total. The first-order chi connectivity index (χ1) is 8.49. The third-order valence-corrected chi connectivity index (χ3v) is 4.30. The Balaban J connectivity index is 2.22. The number of halogens is 3. The van der Waals surface area contributed by atoms with Crippen molar-refractivity contribution in [3.05, 3.63) is 21.3 Å². The van der Waals surface area contributed by atoms with Crippen molar-refractivity contribution >= 4 is 40.6 Å². The highest BCUT2D eigenvalue weighted by Gasteiger charge is 2.24. The van der Waals surface area contributed by atoms with Crippen LogP contribution in [0.15, 0.2) is 6.07 Å². The zero-order valence-corrected chi connectivity index (χ0v) is 12.7. The van der Waals surface area contributed by atoms with Crippen LogP contribution < -0.4 is 4.90 Å². The first kappa shape index (κ1) is 14.2. The number of piperidine rings is 1. The average Bonchev–Trinajstić information content (AvgIpc) is 2.33. The Labute approximate surface area is 123 Å². The molecule has 6 heteroatoms. The molecule has 1 aromatic rings. The fourth-order valence-corrected chi connectivity index (χ4v) is 2.94. The Morgan fingerprint density at radius 1 is 1.33 bits per heavy atom. The maximum absolute atomic E-state index is 6.19. The Kier molecular flexibility index (Phi) is 4.59. The zero-order valence-electron chi connectivity index (χ0n) is 10.5. The molecule has 0 aliphatic carbocycles. The van der Waals surface area contributed by atoms with Gasteiger partial charge in [0.25, 0.3) is 0 Å². The van der Waals surface area contributed by atoms with E-state index < -0.39 is 0 Å². The van der Waals surface area contributed by atoms with Crippen LogP contribution in [-0.4, -0.2) is 43.1 Å². The number of likely N-dealkylation sites (N-methyl/N-ethyl adjacent to an activating group) is 2. The second-order valence-electron chi connectivity index (χ2n) is 4.74. The van der Waals surface area contributed by atoms with Crippen molar-refractivity contribution in [1.82, 2.24) is 9.88 Å². The molecule has 0 bridgehead atoms. The lowest BCUT2D eigenvalue weighted by Gasteiger charge is -2.36. The van der Waals surface area contributed by atoms with E-state index in [-0.39, 0.29) is 0 Å². The molecule has 1 aromatic heterocycles. The van der Waals surface area contributed by atoms with Gasteiger partial charge in [-0.3, -0.25) is 0 Å². The summed E-state index contributed by atoms with van der Waals surface area (Å²) >= 11 is 18.0. The summed E-state index contributed by atoms with van der Waals surface area (Å²) in [4.78, 5) is 8.69. The van der Waals surface area contributed by atoms with E-state index in [1.165, 1.54) is 6.42 Å². The lowest BCUT2D eigenvalue weighted by atomic mass is 10.1. The topological polar surface area (TPSA) is 19.4 Å². The van der Waals surface area contributed by atoms with Gasteiger partial charge in [0.05, 0.1) is 10.0 Å². The molecule has 1 aliphatic rings. The van der Waals surface area contributed by atoms with Crippen molar-refractivity contribution in [1.29, 1.82) is 0 Å². The molecule has 1 fully saturated rings. The smallest absolute Gasteiger partial charge is 0.150 e. The normalized spacial score (nSPS) is 21.1. The van der Waals surface area contributed by atoms with Crippen molar-refractivity contribution in [2.24, 2.45) is 0 Å². The van der Waals surface area contributed by atoms with E-state index in [4.69, 9.17) is 34.8 Å². The molecule has 2 rings (SSSR count). The average molecular weight is 309 g/mol. The lowest BCUT2D eigenvalue weighted by Crippen LogP contribution is -2.45. The van der Waals surface area contributed by atoms with E-state index in [2.05, 4.69) is 21.8 Å². The van der Waals surface area contributed by atoms with Gasteiger partial charge >= 0.3 is 0 Å². The van der Waals surface area contributed by atoms with Gasteiger partial charge in [0, 0.05) is 19.6 Å². The van der Waals surface area contributed by atoms with Gasteiger partial charge in [0.1, 0.15) is 11.0 Å². The van der Waals surface area contributed by atoms with Gasteiger partial charge in [0.2, 0.25) is 0 Å². The maximum Gasteiger partial charge on any atom is 0.150 e. The minimum Gasteiger partial charge on any atom is -0.354 e. The molecule has 1 aliphatic heterocycles. The summed E-state index contributed by atoms with van der Waals surface area (Å²) in [6.45, 7) is 2.15. The van der Waals surface area contributed by atoms with Crippen molar-refractivity contribution < 1.29 is 0 Å². The maximum atomic E-state index is 6.19. The van der Waals surface area contributed by atoms with E-state index in [1.807, 2.05) is 7.05 Å². The number of likely N-dealkylation sites (tertiary alicyclic amines) is 1. The third kappa shape index (κ3) is 3.02. The van der Waals surface area contributed by atoms with Crippen LogP contribution in [0.25, 0.3) is 0 Å². The lowest BCUT2D eigenvalue weighted by molar-refractivity contribution is 0.247. The first-order valence-electron chi connectivity index (χ1n) is 5.92. The Morgan fingerprint density at radius 2 is 2.06 bits per heavy atom. The summed E-state index contributed by atoms with van der Waals surface area (Å²) in [6, 6.07) is 2.06. The molecular weight excluding hydrogens is 293 g/mol. The van der Waals surface area contributed by atoms with E-state index in [9.17, 15) is 0 Å². The number of pyridine rings is 1. The summed E-state index contributed by atoms with van der Waals surface area (Å²) in [5.41, 5.74) is 0. The Hall–Kier alpha value is -0.220. The highest BCUT2D eigenvalue weighted by molar-refractivity contribution is 6.42. The standard InChI is InChI=1S/C12H16Cl3N3/c1-17-5-3-4-8(7-17)18(2)12-10(14)6-9(13)11(15)16-12/h6,8H,3-5,7H2,1-2H3. The van der Waals surface area contributed by atoms with Crippen LogP contribution in [0, 0.1) is 0 Å². The molecule has 0 radical (unpaired) electrons. The van der Waals surface area contributed by atoms with Crippen LogP contribution in [0.5, 0.6) is 0 Å². The molecule has 18 heavy (non-hydrogen) atoms.